The maximum Gasteiger partial charge on any atom is 0.303 e. The second-order valence-corrected chi connectivity index (χ2v) is 8.66. The summed E-state index contributed by atoms with van der Waals surface area (Å²) in [6.07, 6.45) is -5.87. The number of benzene rings is 3. The van der Waals surface area contributed by atoms with Crippen molar-refractivity contribution in [3.63, 3.8) is 0 Å². The van der Waals surface area contributed by atoms with E-state index in [0.717, 1.165) is 16.7 Å². The molecule has 188 valence electrons. The largest absolute Gasteiger partial charge is 0.456 e. The number of ketones is 1. The summed E-state index contributed by atoms with van der Waals surface area (Å²) in [5.74, 6) is -1.25. The molecule has 1 saturated carbocycles. The molecule has 0 aromatic heterocycles. The Hall–Kier alpha value is -3.36. The molecule has 1 fully saturated rings. The standard InChI is InChI=1S/C29H30O7/c1-20(30)36-27-25(32)24(31)26(33-17-21-11-5-2-6-12-21)28(34-18-22-13-7-3-8-14-22)29(27)35-19-23-15-9-4-10-16-23/h2-16,25-29,32H,17-19H2,1H3/t25-,26-,27-,28+,29+/m1/s1. The van der Waals surface area contributed by atoms with Crippen molar-refractivity contribution in [3.05, 3.63) is 108 Å². The molecule has 4 rings (SSSR count). The van der Waals surface area contributed by atoms with Crippen molar-refractivity contribution in [2.75, 3.05) is 0 Å². The molecule has 0 heterocycles. The fourth-order valence-electron chi connectivity index (χ4n) is 4.20. The Bertz CT molecular complexity index is 1100. The van der Waals surface area contributed by atoms with Crippen LogP contribution in [0.25, 0.3) is 0 Å². The SMILES string of the molecule is CC(=O)O[C@H]1[C@H](OCc2ccccc2)[C@@H](OCc2ccccc2)[C@H](OCc2ccccc2)C(=O)[C@H]1O. The average Bonchev–Trinajstić information content (AvgIpc) is 2.91. The number of esters is 1. The van der Waals surface area contributed by atoms with Crippen LogP contribution in [-0.2, 0) is 48.4 Å². The van der Waals surface area contributed by atoms with E-state index < -0.39 is 42.3 Å². The van der Waals surface area contributed by atoms with E-state index in [4.69, 9.17) is 18.9 Å². The van der Waals surface area contributed by atoms with Gasteiger partial charge >= 0.3 is 5.97 Å². The van der Waals surface area contributed by atoms with Crippen molar-refractivity contribution in [2.24, 2.45) is 0 Å². The number of hydrogen-bond acceptors (Lipinski definition) is 7. The molecule has 0 radical (unpaired) electrons. The van der Waals surface area contributed by atoms with Crippen LogP contribution in [0.15, 0.2) is 91.0 Å². The summed E-state index contributed by atoms with van der Waals surface area (Å²) in [5.41, 5.74) is 2.64. The number of carbonyl (C=O) groups excluding carboxylic acids is 2. The highest BCUT2D eigenvalue weighted by Crippen LogP contribution is 2.30. The van der Waals surface area contributed by atoms with Gasteiger partial charge in [0.05, 0.1) is 19.8 Å². The monoisotopic (exact) mass is 490 g/mol. The minimum atomic E-state index is -1.62. The number of ether oxygens (including phenoxy) is 4. The van der Waals surface area contributed by atoms with Gasteiger partial charge in [0, 0.05) is 6.92 Å². The van der Waals surface area contributed by atoms with Crippen LogP contribution in [0, 0.1) is 0 Å². The van der Waals surface area contributed by atoms with Crippen LogP contribution < -0.4 is 0 Å². The van der Waals surface area contributed by atoms with Crippen LogP contribution in [0.1, 0.15) is 23.6 Å². The lowest BCUT2D eigenvalue weighted by Gasteiger charge is -2.42. The number of aliphatic hydroxyl groups is 1. The summed E-state index contributed by atoms with van der Waals surface area (Å²) in [7, 11) is 0. The Morgan fingerprint density at radius 2 is 1.08 bits per heavy atom. The summed E-state index contributed by atoms with van der Waals surface area (Å²) in [5, 5.41) is 10.9. The van der Waals surface area contributed by atoms with Gasteiger partial charge in [0.25, 0.3) is 0 Å². The number of hydrogen-bond donors (Lipinski definition) is 1. The zero-order valence-electron chi connectivity index (χ0n) is 20.1. The second-order valence-electron chi connectivity index (χ2n) is 8.66. The highest BCUT2D eigenvalue weighted by Gasteiger charge is 2.53. The normalized spacial score (nSPS) is 23.8. The van der Waals surface area contributed by atoms with Gasteiger partial charge in [-0.05, 0) is 16.7 Å². The Balaban J connectivity index is 1.62. The van der Waals surface area contributed by atoms with Crippen molar-refractivity contribution in [3.8, 4) is 0 Å². The lowest BCUT2D eigenvalue weighted by molar-refractivity contribution is -0.227. The summed E-state index contributed by atoms with van der Waals surface area (Å²) < 4.78 is 23.8. The summed E-state index contributed by atoms with van der Waals surface area (Å²) in [6, 6.07) is 28.4. The zero-order valence-corrected chi connectivity index (χ0v) is 20.1. The third-order valence-corrected chi connectivity index (χ3v) is 5.97. The molecule has 0 bridgehead atoms. The fourth-order valence-corrected chi connectivity index (χ4v) is 4.20. The molecule has 0 spiro atoms. The van der Waals surface area contributed by atoms with E-state index in [1.807, 2.05) is 91.0 Å². The topological polar surface area (TPSA) is 91.3 Å². The molecular weight excluding hydrogens is 460 g/mol. The fraction of sp³-hybridized carbons (Fsp3) is 0.310. The number of aliphatic hydroxyl groups excluding tert-OH is 1. The van der Waals surface area contributed by atoms with Crippen molar-refractivity contribution >= 4 is 11.8 Å². The lowest BCUT2D eigenvalue weighted by atomic mass is 9.85. The maximum absolute atomic E-state index is 13.3. The van der Waals surface area contributed by atoms with Gasteiger partial charge in [-0.2, -0.15) is 0 Å². The molecule has 0 saturated heterocycles. The molecule has 1 N–H and O–H groups in total. The summed E-state index contributed by atoms with van der Waals surface area (Å²) in [4.78, 5) is 25.2. The second kappa shape index (κ2) is 12.6. The van der Waals surface area contributed by atoms with Crippen molar-refractivity contribution in [1.29, 1.82) is 0 Å². The first-order valence-electron chi connectivity index (χ1n) is 11.9. The first-order chi connectivity index (χ1) is 17.5. The Kier molecular flexibility index (Phi) is 8.97. The van der Waals surface area contributed by atoms with Gasteiger partial charge < -0.3 is 24.1 Å². The Morgan fingerprint density at radius 3 is 1.53 bits per heavy atom. The molecule has 7 nitrogen and oxygen atoms in total. The van der Waals surface area contributed by atoms with Crippen molar-refractivity contribution in [1.82, 2.24) is 0 Å². The van der Waals surface area contributed by atoms with E-state index in [9.17, 15) is 14.7 Å². The number of Topliss-reactive ketones (excluding diaryl/α,β-unsaturated/α-hetero) is 1. The van der Waals surface area contributed by atoms with Crippen molar-refractivity contribution < 1.29 is 33.6 Å². The highest BCUT2D eigenvalue weighted by molar-refractivity contribution is 5.90. The van der Waals surface area contributed by atoms with Crippen LogP contribution in [0.4, 0.5) is 0 Å². The van der Waals surface area contributed by atoms with Gasteiger partial charge in [-0.3, -0.25) is 9.59 Å². The predicted octanol–water partition coefficient (Wildman–Crippen LogP) is 3.62. The molecule has 36 heavy (non-hydrogen) atoms. The number of carbonyl (C=O) groups is 2. The first-order valence-corrected chi connectivity index (χ1v) is 11.9. The molecule has 3 aromatic carbocycles. The van der Waals surface area contributed by atoms with E-state index in [0.29, 0.717) is 0 Å². The van der Waals surface area contributed by atoms with E-state index >= 15 is 0 Å². The molecule has 0 amide bonds. The Morgan fingerprint density at radius 1 is 0.667 bits per heavy atom. The third kappa shape index (κ3) is 6.65. The zero-order chi connectivity index (χ0) is 25.3. The molecule has 3 aromatic rings. The van der Waals surface area contributed by atoms with Gasteiger partial charge in [0.1, 0.15) is 18.3 Å². The van der Waals surface area contributed by atoms with Gasteiger partial charge in [0.2, 0.25) is 0 Å². The summed E-state index contributed by atoms with van der Waals surface area (Å²) in [6.45, 7) is 1.71. The molecule has 0 unspecified atom stereocenters. The quantitative estimate of drug-likeness (QED) is 0.434. The van der Waals surface area contributed by atoms with E-state index in [1.54, 1.807) is 0 Å². The van der Waals surface area contributed by atoms with E-state index in [1.165, 1.54) is 6.92 Å². The minimum Gasteiger partial charge on any atom is -0.456 e. The molecule has 1 aliphatic rings. The molecule has 5 atom stereocenters. The molecule has 7 heteroatoms. The van der Waals surface area contributed by atoms with E-state index in [2.05, 4.69) is 0 Å². The third-order valence-electron chi connectivity index (χ3n) is 5.97. The smallest absolute Gasteiger partial charge is 0.303 e. The highest BCUT2D eigenvalue weighted by atomic mass is 16.6. The van der Waals surface area contributed by atoms with Crippen LogP contribution in [0.3, 0.4) is 0 Å². The lowest BCUT2D eigenvalue weighted by Crippen LogP contribution is -2.64. The summed E-state index contributed by atoms with van der Waals surface area (Å²) >= 11 is 0. The predicted molar refractivity (Wildman–Crippen MR) is 132 cm³/mol. The number of rotatable bonds is 10. The molecule has 1 aliphatic carbocycles. The van der Waals surface area contributed by atoms with Crippen LogP contribution >= 0.6 is 0 Å². The van der Waals surface area contributed by atoms with E-state index in [-0.39, 0.29) is 19.8 Å². The van der Waals surface area contributed by atoms with Gasteiger partial charge in [0.15, 0.2) is 18.0 Å². The first kappa shape index (κ1) is 25.7. The van der Waals surface area contributed by atoms with Crippen LogP contribution in [-0.4, -0.2) is 47.4 Å². The van der Waals surface area contributed by atoms with Crippen molar-refractivity contribution in [2.45, 2.75) is 57.3 Å². The van der Waals surface area contributed by atoms with Gasteiger partial charge in [-0.25, -0.2) is 0 Å². The van der Waals surface area contributed by atoms with Gasteiger partial charge in [-0.1, -0.05) is 91.0 Å². The maximum atomic E-state index is 13.3. The average molecular weight is 491 g/mol. The van der Waals surface area contributed by atoms with Crippen LogP contribution in [0.5, 0.6) is 0 Å². The molecular formula is C29H30O7. The minimum absolute atomic E-state index is 0.138. The van der Waals surface area contributed by atoms with Crippen LogP contribution in [0.2, 0.25) is 0 Å². The van der Waals surface area contributed by atoms with Gasteiger partial charge in [-0.15, -0.1) is 0 Å². The Labute approximate surface area is 210 Å². The molecule has 0 aliphatic heterocycles.